The monoisotopic (exact) mass is 302 g/mol. The van der Waals surface area contributed by atoms with Crippen molar-refractivity contribution in [2.75, 3.05) is 0 Å². The molecule has 0 saturated carbocycles. The zero-order chi connectivity index (χ0) is 15.0. The van der Waals surface area contributed by atoms with Crippen LogP contribution in [0.25, 0.3) is 22.8 Å². The molecule has 0 fully saturated rings. The lowest BCUT2D eigenvalue weighted by molar-refractivity contribution is 0.454. The predicted octanol–water partition coefficient (Wildman–Crippen LogP) is 2.20. The van der Waals surface area contributed by atoms with Crippen LogP contribution in [0.1, 0.15) is 0 Å². The molecule has 0 bridgehead atoms. The molecule has 6 nitrogen and oxygen atoms in total. The quantitative estimate of drug-likeness (QED) is 0.760. The van der Waals surface area contributed by atoms with E-state index in [4.69, 9.17) is 11.6 Å². The fraction of sp³-hybridized carbons (Fsp3) is 0.0714. The summed E-state index contributed by atoms with van der Waals surface area (Å²) < 4.78 is 1.69. The van der Waals surface area contributed by atoms with Gasteiger partial charge in [0.05, 0.1) is 0 Å². The van der Waals surface area contributed by atoms with E-state index in [1.165, 1.54) is 0 Å². The van der Waals surface area contributed by atoms with Gasteiger partial charge in [-0.2, -0.15) is 4.98 Å². The Morgan fingerprint density at radius 2 is 2.19 bits per heavy atom. The van der Waals surface area contributed by atoms with Crippen molar-refractivity contribution in [1.29, 1.82) is 0 Å². The number of nitrogens with zero attached hydrogens (tertiary/aromatic N) is 3. The highest BCUT2D eigenvalue weighted by Gasteiger charge is 2.15. The van der Waals surface area contributed by atoms with Gasteiger partial charge in [-0.25, -0.2) is 4.98 Å². The van der Waals surface area contributed by atoms with Gasteiger partial charge in [-0.05, 0) is 17.7 Å². The van der Waals surface area contributed by atoms with E-state index in [9.17, 15) is 9.90 Å². The molecule has 3 aromatic rings. The lowest BCUT2D eigenvalue weighted by Gasteiger charge is -2.06. The number of aromatic amines is 1. The number of benzene rings is 1. The second-order valence-electron chi connectivity index (χ2n) is 4.49. The van der Waals surface area contributed by atoms with Crippen molar-refractivity contribution in [3.63, 3.8) is 0 Å². The molecule has 0 saturated heterocycles. The number of aromatic hydroxyl groups is 1. The van der Waals surface area contributed by atoms with Crippen LogP contribution in [0.2, 0.25) is 5.02 Å². The topological polar surface area (TPSA) is 83.8 Å². The molecular formula is C14H11ClN4O2. The molecule has 0 spiro atoms. The van der Waals surface area contributed by atoms with E-state index in [0.29, 0.717) is 16.4 Å². The summed E-state index contributed by atoms with van der Waals surface area (Å²) in [4.78, 5) is 23.0. The summed E-state index contributed by atoms with van der Waals surface area (Å²) in [7, 11) is 1.77. The smallest absolute Gasteiger partial charge is 0.263 e. The van der Waals surface area contributed by atoms with Crippen LogP contribution in [0.5, 0.6) is 5.88 Å². The van der Waals surface area contributed by atoms with Crippen LogP contribution < -0.4 is 5.56 Å². The van der Waals surface area contributed by atoms with Gasteiger partial charge in [-0.15, -0.1) is 0 Å². The van der Waals surface area contributed by atoms with Crippen LogP contribution in [0.3, 0.4) is 0 Å². The first-order chi connectivity index (χ1) is 10.1. The maximum absolute atomic E-state index is 12.2. The van der Waals surface area contributed by atoms with Crippen LogP contribution in [-0.2, 0) is 7.05 Å². The number of H-pyrrole nitrogens is 1. The number of halogens is 1. The van der Waals surface area contributed by atoms with Crippen LogP contribution >= 0.6 is 11.6 Å². The Labute approximate surface area is 124 Å². The minimum atomic E-state index is -0.456. The Kier molecular flexibility index (Phi) is 3.23. The second-order valence-corrected chi connectivity index (χ2v) is 4.92. The summed E-state index contributed by atoms with van der Waals surface area (Å²) in [6.07, 6.45) is 3.30. The van der Waals surface area contributed by atoms with Crippen molar-refractivity contribution in [2.45, 2.75) is 0 Å². The fourth-order valence-corrected chi connectivity index (χ4v) is 2.26. The zero-order valence-corrected chi connectivity index (χ0v) is 11.8. The standard InChI is InChI=1S/C14H11ClN4O2/c1-19-6-5-16-12(19)11-17-13(20)10(14(21)18-11)8-3-2-4-9(15)7-8/h2-7H,1H3,(H2,17,18,20,21). The van der Waals surface area contributed by atoms with Gasteiger partial charge in [0.1, 0.15) is 5.56 Å². The van der Waals surface area contributed by atoms with Gasteiger partial charge in [0.2, 0.25) is 5.88 Å². The number of rotatable bonds is 2. The third kappa shape index (κ3) is 2.41. The van der Waals surface area contributed by atoms with Gasteiger partial charge >= 0.3 is 0 Å². The Hall–Kier alpha value is -2.60. The average molecular weight is 303 g/mol. The number of hydrogen-bond acceptors (Lipinski definition) is 4. The van der Waals surface area contributed by atoms with Crippen molar-refractivity contribution in [3.8, 4) is 28.7 Å². The summed E-state index contributed by atoms with van der Waals surface area (Å²) in [5.41, 5.74) is 0.123. The first kappa shape index (κ1) is 13.4. The van der Waals surface area contributed by atoms with Crippen molar-refractivity contribution in [3.05, 3.63) is 52.0 Å². The molecule has 7 heteroatoms. The van der Waals surface area contributed by atoms with Crippen LogP contribution in [0.15, 0.2) is 41.5 Å². The predicted molar refractivity (Wildman–Crippen MR) is 79.2 cm³/mol. The molecule has 106 valence electrons. The highest BCUT2D eigenvalue weighted by molar-refractivity contribution is 6.30. The lowest BCUT2D eigenvalue weighted by Crippen LogP contribution is -2.13. The minimum absolute atomic E-state index is 0.0791. The number of imidazole rings is 1. The van der Waals surface area contributed by atoms with Gasteiger partial charge in [0.15, 0.2) is 11.6 Å². The van der Waals surface area contributed by atoms with E-state index in [1.54, 1.807) is 48.3 Å². The Morgan fingerprint density at radius 1 is 1.38 bits per heavy atom. The minimum Gasteiger partial charge on any atom is -0.493 e. The highest BCUT2D eigenvalue weighted by atomic mass is 35.5. The van der Waals surface area contributed by atoms with Gasteiger partial charge in [0, 0.05) is 24.5 Å². The molecule has 21 heavy (non-hydrogen) atoms. The molecule has 0 aliphatic rings. The molecule has 0 aliphatic carbocycles. The van der Waals surface area contributed by atoms with E-state index in [1.807, 2.05) is 0 Å². The first-order valence-corrected chi connectivity index (χ1v) is 6.51. The van der Waals surface area contributed by atoms with E-state index >= 15 is 0 Å². The van der Waals surface area contributed by atoms with Crippen LogP contribution in [0.4, 0.5) is 0 Å². The molecule has 0 amide bonds. The van der Waals surface area contributed by atoms with E-state index in [-0.39, 0.29) is 17.3 Å². The van der Waals surface area contributed by atoms with E-state index in [0.717, 1.165) is 0 Å². The number of aryl methyl sites for hydroxylation is 1. The molecule has 1 aromatic carbocycles. The average Bonchev–Trinajstić information content (AvgIpc) is 2.84. The highest BCUT2D eigenvalue weighted by Crippen LogP contribution is 2.26. The molecule has 0 unspecified atom stereocenters. The third-order valence-corrected chi connectivity index (χ3v) is 3.28. The van der Waals surface area contributed by atoms with Gasteiger partial charge in [0.25, 0.3) is 5.56 Å². The maximum atomic E-state index is 12.2. The Balaban J connectivity index is 2.18. The molecule has 2 N–H and O–H groups in total. The molecule has 2 heterocycles. The summed E-state index contributed by atoms with van der Waals surface area (Å²) in [5.74, 6) is 0.301. The molecule has 0 radical (unpaired) electrons. The first-order valence-electron chi connectivity index (χ1n) is 6.13. The second kappa shape index (κ2) is 5.06. The lowest BCUT2D eigenvalue weighted by atomic mass is 10.1. The molecule has 0 aliphatic heterocycles. The largest absolute Gasteiger partial charge is 0.493 e. The molecule has 3 rings (SSSR count). The van der Waals surface area contributed by atoms with Crippen molar-refractivity contribution in [1.82, 2.24) is 19.5 Å². The molecular weight excluding hydrogens is 292 g/mol. The van der Waals surface area contributed by atoms with Gasteiger partial charge in [-0.1, -0.05) is 23.7 Å². The fourth-order valence-electron chi connectivity index (χ4n) is 2.07. The maximum Gasteiger partial charge on any atom is 0.263 e. The summed E-state index contributed by atoms with van der Waals surface area (Å²) >= 11 is 5.91. The van der Waals surface area contributed by atoms with Crippen molar-refractivity contribution >= 4 is 11.6 Å². The number of nitrogens with one attached hydrogen (secondary N) is 1. The SMILES string of the molecule is Cn1ccnc1-c1nc(O)c(-c2cccc(Cl)c2)c(=O)[nH]1. The summed E-state index contributed by atoms with van der Waals surface area (Å²) in [6, 6.07) is 6.65. The van der Waals surface area contributed by atoms with Gasteiger partial charge in [-0.3, -0.25) is 4.79 Å². The molecule has 2 aromatic heterocycles. The van der Waals surface area contributed by atoms with E-state index < -0.39 is 5.56 Å². The molecule has 0 atom stereocenters. The van der Waals surface area contributed by atoms with Crippen LogP contribution in [-0.4, -0.2) is 24.6 Å². The third-order valence-electron chi connectivity index (χ3n) is 3.05. The van der Waals surface area contributed by atoms with Crippen molar-refractivity contribution < 1.29 is 5.11 Å². The zero-order valence-electron chi connectivity index (χ0n) is 11.0. The van der Waals surface area contributed by atoms with Crippen molar-refractivity contribution in [2.24, 2.45) is 7.05 Å². The van der Waals surface area contributed by atoms with Crippen LogP contribution in [0, 0.1) is 0 Å². The van der Waals surface area contributed by atoms with E-state index in [2.05, 4.69) is 15.0 Å². The summed E-state index contributed by atoms with van der Waals surface area (Å²) in [5, 5.41) is 10.6. The number of hydrogen-bond donors (Lipinski definition) is 2. The number of aromatic nitrogens is 4. The Bertz CT molecular complexity index is 869. The Morgan fingerprint density at radius 3 is 2.81 bits per heavy atom. The summed E-state index contributed by atoms with van der Waals surface area (Å²) in [6.45, 7) is 0. The van der Waals surface area contributed by atoms with Gasteiger partial charge < -0.3 is 14.7 Å². The normalized spacial score (nSPS) is 10.8.